The molecular formula is C29H31N3O3. The summed E-state index contributed by atoms with van der Waals surface area (Å²) in [5.41, 5.74) is 2.32. The molecule has 6 nitrogen and oxygen atoms in total. The van der Waals surface area contributed by atoms with Crippen LogP contribution < -0.4 is 4.74 Å². The Kier molecular flexibility index (Phi) is 7.21. The highest BCUT2D eigenvalue weighted by atomic mass is 16.5. The van der Waals surface area contributed by atoms with Gasteiger partial charge in [-0.05, 0) is 60.3 Å². The van der Waals surface area contributed by atoms with Crippen LogP contribution >= 0.6 is 0 Å². The molecule has 0 aliphatic carbocycles. The number of aromatic nitrogens is 2. The number of β-amino-alcohol motifs (C(OH)–C–C–N with tert-alkyl or cyclic N) is 1. The van der Waals surface area contributed by atoms with Crippen molar-refractivity contribution in [1.82, 2.24) is 15.1 Å². The van der Waals surface area contributed by atoms with E-state index in [1.54, 1.807) is 13.0 Å². The maximum Gasteiger partial charge on any atom is 0.240 e. The smallest absolute Gasteiger partial charge is 0.240 e. The Bertz CT molecular complexity index is 1290. The minimum Gasteiger partial charge on any atom is -0.490 e. The highest BCUT2D eigenvalue weighted by molar-refractivity contribution is 5.83. The first-order valence-electron chi connectivity index (χ1n) is 12.2. The lowest BCUT2D eigenvalue weighted by molar-refractivity contribution is 0.0594. The predicted molar refractivity (Wildman–Crippen MR) is 138 cm³/mol. The summed E-state index contributed by atoms with van der Waals surface area (Å²) < 4.78 is 11.4. The van der Waals surface area contributed by atoms with Crippen LogP contribution in [-0.2, 0) is 0 Å². The minimum atomic E-state index is -0.553. The zero-order valence-corrected chi connectivity index (χ0v) is 20.0. The van der Waals surface area contributed by atoms with Gasteiger partial charge in [0.2, 0.25) is 11.8 Å². The lowest BCUT2D eigenvalue weighted by atomic mass is 9.88. The highest BCUT2D eigenvalue weighted by Crippen LogP contribution is 2.30. The molecule has 1 atom stereocenters. The summed E-state index contributed by atoms with van der Waals surface area (Å²) in [5.74, 6) is 2.27. The van der Waals surface area contributed by atoms with Gasteiger partial charge >= 0.3 is 0 Å². The fraction of sp³-hybridized carbons (Fsp3) is 0.310. The molecule has 35 heavy (non-hydrogen) atoms. The van der Waals surface area contributed by atoms with Crippen LogP contribution in [0, 0.1) is 6.92 Å². The Morgan fingerprint density at radius 3 is 2.57 bits per heavy atom. The van der Waals surface area contributed by atoms with Gasteiger partial charge in [-0.25, -0.2) is 0 Å². The van der Waals surface area contributed by atoms with E-state index >= 15 is 0 Å². The van der Waals surface area contributed by atoms with E-state index < -0.39 is 6.10 Å². The molecule has 180 valence electrons. The van der Waals surface area contributed by atoms with Crippen molar-refractivity contribution < 1.29 is 14.3 Å². The molecule has 3 aromatic carbocycles. The number of ether oxygens (including phenoxy) is 1. The highest BCUT2D eigenvalue weighted by Gasteiger charge is 2.22. The summed E-state index contributed by atoms with van der Waals surface area (Å²) in [4.78, 5) is 2.34. The molecule has 0 spiro atoms. The number of hydrogen-bond donors (Lipinski definition) is 1. The van der Waals surface area contributed by atoms with Crippen LogP contribution in [0.15, 0.2) is 71.1 Å². The van der Waals surface area contributed by atoms with Crippen LogP contribution in [0.1, 0.15) is 41.7 Å². The third kappa shape index (κ3) is 5.96. The number of aliphatic hydroxyl groups is 1. The number of piperidine rings is 1. The third-order valence-electron chi connectivity index (χ3n) is 6.60. The molecule has 0 unspecified atom stereocenters. The van der Waals surface area contributed by atoms with Gasteiger partial charge < -0.3 is 19.2 Å². The second kappa shape index (κ2) is 10.8. The molecule has 1 aliphatic heterocycles. The average Bonchev–Trinajstić information content (AvgIpc) is 3.32. The van der Waals surface area contributed by atoms with Crippen molar-refractivity contribution in [1.29, 1.82) is 0 Å². The van der Waals surface area contributed by atoms with E-state index in [2.05, 4.69) is 57.6 Å². The van der Waals surface area contributed by atoms with E-state index in [9.17, 15) is 5.11 Å². The number of nitrogens with zero attached hydrogens (tertiary/aromatic N) is 3. The summed E-state index contributed by atoms with van der Waals surface area (Å²) >= 11 is 0. The van der Waals surface area contributed by atoms with Gasteiger partial charge in [0, 0.05) is 25.1 Å². The topological polar surface area (TPSA) is 71.6 Å². The number of para-hydroxylation sites is 1. The molecule has 0 radical (unpaired) electrons. The Morgan fingerprint density at radius 1 is 1.00 bits per heavy atom. The molecule has 1 N–H and O–H groups in total. The summed E-state index contributed by atoms with van der Waals surface area (Å²) in [6, 6.07) is 23.1. The maximum absolute atomic E-state index is 10.6. The van der Waals surface area contributed by atoms with Gasteiger partial charge in [-0.3, -0.25) is 0 Å². The molecule has 6 heteroatoms. The van der Waals surface area contributed by atoms with E-state index in [0.29, 0.717) is 30.0 Å². The van der Waals surface area contributed by atoms with Gasteiger partial charge in [-0.15, -0.1) is 10.2 Å². The summed E-state index contributed by atoms with van der Waals surface area (Å²) in [6.07, 6.45) is 5.30. The van der Waals surface area contributed by atoms with Crippen LogP contribution in [0.4, 0.5) is 0 Å². The van der Waals surface area contributed by atoms with E-state index in [4.69, 9.17) is 9.15 Å². The monoisotopic (exact) mass is 469 g/mol. The normalized spacial score (nSPS) is 16.2. The largest absolute Gasteiger partial charge is 0.490 e. The van der Waals surface area contributed by atoms with Gasteiger partial charge in [-0.2, -0.15) is 0 Å². The van der Waals surface area contributed by atoms with Crippen LogP contribution in [0.5, 0.6) is 5.75 Å². The summed E-state index contributed by atoms with van der Waals surface area (Å²) in [7, 11) is 0. The SMILES string of the molecule is Cc1nnc(C=Cc2ccccc2OC[C@@H](O)CN2CCC(c3ccc4ccccc4c3)CC2)o1. The van der Waals surface area contributed by atoms with Gasteiger partial charge in [0.15, 0.2) is 0 Å². The maximum atomic E-state index is 10.6. The van der Waals surface area contributed by atoms with Crippen LogP contribution in [0.2, 0.25) is 0 Å². The zero-order chi connectivity index (χ0) is 24.0. The number of benzene rings is 3. The fourth-order valence-corrected chi connectivity index (χ4v) is 4.74. The fourth-order valence-electron chi connectivity index (χ4n) is 4.74. The molecule has 1 fully saturated rings. The number of aliphatic hydroxyl groups excluding tert-OH is 1. The Morgan fingerprint density at radius 2 is 1.77 bits per heavy atom. The Balaban J connectivity index is 1.11. The number of fused-ring (bicyclic) bond motifs is 1. The van der Waals surface area contributed by atoms with Crippen molar-refractivity contribution in [2.75, 3.05) is 26.2 Å². The van der Waals surface area contributed by atoms with E-state index in [0.717, 1.165) is 31.5 Å². The van der Waals surface area contributed by atoms with Gasteiger partial charge in [0.25, 0.3) is 0 Å². The molecule has 1 aromatic heterocycles. The Hall–Kier alpha value is -3.48. The van der Waals surface area contributed by atoms with Crippen molar-refractivity contribution in [3.63, 3.8) is 0 Å². The minimum absolute atomic E-state index is 0.245. The quantitative estimate of drug-likeness (QED) is 0.377. The van der Waals surface area contributed by atoms with Crippen molar-refractivity contribution in [3.05, 3.63) is 89.6 Å². The first-order valence-corrected chi connectivity index (χ1v) is 12.2. The summed E-state index contributed by atoms with van der Waals surface area (Å²) in [5, 5.41) is 21.1. The molecule has 0 bridgehead atoms. The molecule has 1 aliphatic rings. The van der Waals surface area contributed by atoms with Crippen LogP contribution in [0.25, 0.3) is 22.9 Å². The van der Waals surface area contributed by atoms with Crippen LogP contribution in [-0.4, -0.2) is 52.5 Å². The molecule has 0 amide bonds. The van der Waals surface area contributed by atoms with E-state index in [-0.39, 0.29) is 6.61 Å². The lowest BCUT2D eigenvalue weighted by Gasteiger charge is -2.33. The number of aryl methyl sites for hydroxylation is 1. The van der Waals surface area contributed by atoms with Crippen molar-refractivity contribution >= 4 is 22.9 Å². The second-order valence-electron chi connectivity index (χ2n) is 9.18. The lowest BCUT2D eigenvalue weighted by Crippen LogP contribution is -2.40. The van der Waals surface area contributed by atoms with Gasteiger partial charge in [0.05, 0.1) is 0 Å². The van der Waals surface area contributed by atoms with Crippen molar-refractivity contribution in [3.8, 4) is 5.75 Å². The molecular weight excluding hydrogens is 438 g/mol. The molecule has 5 rings (SSSR count). The number of rotatable bonds is 8. The molecule has 4 aromatic rings. The average molecular weight is 470 g/mol. The number of likely N-dealkylation sites (tertiary alicyclic amines) is 1. The van der Waals surface area contributed by atoms with Gasteiger partial charge in [-0.1, -0.05) is 60.7 Å². The Labute approximate surface area is 205 Å². The standard InChI is InChI=1S/C29H31N3O3/c1-21-30-31-29(35-21)13-12-24-7-4-5-9-28(24)34-20-27(33)19-32-16-14-23(15-17-32)26-11-10-22-6-2-3-8-25(22)18-26/h2-13,18,23,27,33H,14-17,19-20H2,1H3/t27-/m0/s1. The molecule has 2 heterocycles. The first-order chi connectivity index (χ1) is 17.1. The number of hydrogen-bond acceptors (Lipinski definition) is 6. The van der Waals surface area contributed by atoms with E-state index in [1.807, 2.05) is 30.3 Å². The first kappa shape index (κ1) is 23.3. The zero-order valence-electron chi connectivity index (χ0n) is 20.0. The second-order valence-corrected chi connectivity index (χ2v) is 9.18. The molecule has 0 saturated carbocycles. The van der Waals surface area contributed by atoms with Gasteiger partial charge in [0.1, 0.15) is 18.5 Å². The molecule has 1 saturated heterocycles. The predicted octanol–water partition coefficient (Wildman–Crippen LogP) is 5.32. The van der Waals surface area contributed by atoms with Crippen molar-refractivity contribution in [2.45, 2.75) is 31.8 Å². The van der Waals surface area contributed by atoms with E-state index in [1.165, 1.54) is 16.3 Å². The van der Waals surface area contributed by atoms with Crippen molar-refractivity contribution in [2.24, 2.45) is 0 Å². The third-order valence-corrected chi connectivity index (χ3v) is 6.60. The van der Waals surface area contributed by atoms with Crippen LogP contribution in [0.3, 0.4) is 0 Å². The summed E-state index contributed by atoms with van der Waals surface area (Å²) in [6.45, 7) is 4.59.